The first-order valence-corrected chi connectivity index (χ1v) is 10.1. The maximum absolute atomic E-state index is 11.8. The van der Waals surface area contributed by atoms with Crippen LogP contribution in [0.3, 0.4) is 0 Å². The number of carbonyl (C=O) groups excluding carboxylic acids is 5. The van der Waals surface area contributed by atoms with Gasteiger partial charge in [-0.05, 0) is 31.2 Å². The number of ketones is 1. The molecule has 0 unspecified atom stereocenters. The van der Waals surface area contributed by atoms with Crippen LogP contribution in [-0.4, -0.2) is 67.0 Å². The average molecular weight is 466 g/mol. The van der Waals surface area contributed by atoms with Gasteiger partial charge in [0.1, 0.15) is 18.5 Å². The molecule has 11 heteroatoms. The first-order valence-electron chi connectivity index (χ1n) is 10.1. The van der Waals surface area contributed by atoms with Crippen LogP contribution in [0.15, 0.2) is 24.3 Å². The van der Waals surface area contributed by atoms with Gasteiger partial charge in [0.15, 0.2) is 18.0 Å². The van der Waals surface area contributed by atoms with Crippen molar-refractivity contribution in [1.82, 2.24) is 0 Å². The van der Waals surface area contributed by atoms with E-state index in [1.165, 1.54) is 38.1 Å². The predicted octanol–water partition coefficient (Wildman–Crippen LogP) is 1.35. The summed E-state index contributed by atoms with van der Waals surface area (Å²) in [7, 11) is 0. The van der Waals surface area contributed by atoms with Gasteiger partial charge in [-0.2, -0.15) is 0 Å². The van der Waals surface area contributed by atoms with Crippen molar-refractivity contribution < 1.29 is 52.4 Å². The summed E-state index contributed by atoms with van der Waals surface area (Å²) >= 11 is 0. The standard InChI is InChI=1S/C22H26O11/c1-11(23)16-6-8-17(9-7-16)32-22-21(31-15(5)27)20(30-14(4)26)19(29-13(3)25)18(33-22)10-28-12(2)24/h6-9,18-22H,10H2,1-5H3/t18-,19-,20+,21-,22+/m0/s1. The molecule has 2 rings (SSSR count). The van der Waals surface area contributed by atoms with E-state index < -0.39 is 54.6 Å². The summed E-state index contributed by atoms with van der Waals surface area (Å²) in [5.41, 5.74) is 0.448. The molecule has 33 heavy (non-hydrogen) atoms. The molecule has 1 aliphatic rings. The maximum atomic E-state index is 11.8. The molecule has 0 saturated carbocycles. The topological polar surface area (TPSA) is 141 Å². The van der Waals surface area contributed by atoms with Crippen molar-refractivity contribution >= 4 is 29.7 Å². The van der Waals surface area contributed by atoms with E-state index >= 15 is 0 Å². The zero-order chi connectivity index (χ0) is 24.7. The molecule has 0 aromatic heterocycles. The minimum atomic E-state index is -1.34. The Bertz CT molecular complexity index is 892. The van der Waals surface area contributed by atoms with Gasteiger partial charge in [-0.15, -0.1) is 0 Å². The second-order valence-corrected chi connectivity index (χ2v) is 7.27. The number of ether oxygens (including phenoxy) is 6. The quantitative estimate of drug-likeness (QED) is 0.311. The predicted molar refractivity (Wildman–Crippen MR) is 109 cm³/mol. The highest BCUT2D eigenvalue weighted by Crippen LogP contribution is 2.31. The summed E-state index contributed by atoms with van der Waals surface area (Å²) in [4.78, 5) is 58.2. The van der Waals surface area contributed by atoms with E-state index in [-0.39, 0.29) is 18.1 Å². The SMILES string of the molecule is CC(=O)OC[C@@H]1O[C@@H](Oc2ccc(C(C)=O)cc2)[C@@H](OC(C)=O)[C@H](OC(C)=O)[C@H]1OC(C)=O. The highest BCUT2D eigenvalue weighted by molar-refractivity contribution is 5.94. The molecule has 0 spiro atoms. The van der Waals surface area contributed by atoms with E-state index in [4.69, 9.17) is 28.4 Å². The van der Waals surface area contributed by atoms with E-state index in [1.54, 1.807) is 0 Å². The summed E-state index contributed by atoms with van der Waals surface area (Å²) in [6.07, 6.45) is -6.39. The van der Waals surface area contributed by atoms with Gasteiger partial charge < -0.3 is 28.4 Å². The Morgan fingerprint density at radius 3 is 1.73 bits per heavy atom. The lowest BCUT2D eigenvalue weighted by molar-refractivity contribution is -0.288. The van der Waals surface area contributed by atoms with Crippen LogP contribution in [0.2, 0.25) is 0 Å². The number of rotatable bonds is 8. The van der Waals surface area contributed by atoms with Crippen LogP contribution < -0.4 is 4.74 Å². The highest BCUT2D eigenvalue weighted by Gasteiger charge is 2.53. The lowest BCUT2D eigenvalue weighted by atomic mass is 9.98. The molecule has 5 atom stereocenters. The summed E-state index contributed by atoms with van der Waals surface area (Å²) in [6, 6.07) is 6.07. The first kappa shape index (κ1) is 25.8. The summed E-state index contributed by atoms with van der Waals surface area (Å²) in [5.74, 6) is -2.72. The molecule has 1 saturated heterocycles. The van der Waals surface area contributed by atoms with Gasteiger partial charge in [-0.1, -0.05) is 0 Å². The number of benzene rings is 1. The Kier molecular flexibility index (Phi) is 8.92. The molecule has 1 aromatic rings. The molecule has 0 bridgehead atoms. The van der Waals surface area contributed by atoms with Crippen LogP contribution in [-0.2, 0) is 42.9 Å². The third-order valence-corrected chi connectivity index (χ3v) is 4.46. The molecule has 1 aliphatic heterocycles. The van der Waals surface area contributed by atoms with Gasteiger partial charge >= 0.3 is 23.9 Å². The molecule has 1 aromatic carbocycles. The molecule has 11 nitrogen and oxygen atoms in total. The lowest BCUT2D eigenvalue weighted by Crippen LogP contribution is -2.63. The van der Waals surface area contributed by atoms with E-state index in [9.17, 15) is 24.0 Å². The van der Waals surface area contributed by atoms with Crippen molar-refractivity contribution in [3.8, 4) is 5.75 Å². The second kappa shape index (κ2) is 11.4. The first-order chi connectivity index (χ1) is 15.5. The Labute approximate surface area is 190 Å². The largest absolute Gasteiger partial charge is 0.463 e. The van der Waals surface area contributed by atoms with Crippen LogP contribution in [0.1, 0.15) is 45.0 Å². The van der Waals surface area contributed by atoms with Crippen molar-refractivity contribution in [2.24, 2.45) is 0 Å². The molecule has 1 fully saturated rings. The number of hydrogen-bond donors (Lipinski definition) is 0. The third-order valence-electron chi connectivity index (χ3n) is 4.46. The van der Waals surface area contributed by atoms with Gasteiger partial charge in [0, 0.05) is 33.3 Å². The molecule has 0 aliphatic carbocycles. The minimum absolute atomic E-state index is 0.145. The van der Waals surface area contributed by atoms with Crippen molar-refractivity contribution in [2.45, 2.75) is 65.3 Å². The van der Waals surface area contributed by atoms with Gasteiger partial charge in [0.25, 0.3) is 0 Å². The lowest BCUT2D eigenvalue weighted by Gasteiger charge is -2.43. The Hall–Kier alpha value is -3.47. The molecule has 0 N–H and O–H groups in total. The van der Waals surface area contributed by atoms with Crippen LogP contribution >= 0.6 is 0 Å². The highest BCUT2D eigenvalue weighted by atomic mass is 16.7. The summed E-state index contributed by atoms with van der Waals surface area (Å²) < 4.78 is 32.6. The van der Waals surface area contributed by atoms with Gasteiger partial charge in [-0.25, -0.2) is 0 Å². The molecule has 0 radical (unpaired) electrons. The average Bonchev–Trinajstić information content (AvgIpc) is 2.70. The Morgan fingerprint density at radius 2 is 1.24 bits per heavy atom. The van der Waals surface area contributed by atoms with Gasteiger partial charge in [0.05, 0.1) is 0 Å². The third kappa shape index (κ3) is 7.56. The van der Waals surface area contributed by atoms with E-state index in [1.807, 2.05) is 0 Å². The summed E-state index contributed by atoms with van der Waals surface area (Å²) in [5, 5.41) is 0. The van der Waals surface area contributed by atoms with Crippen molar-refractivity contribution in [1.29, 1.82) is 0 Å². The smallest absolute Gasteiger partial charge is 0.303 e. The van der Waals surface area contributed by atoms with Crippen molar-refractivity contribution in [2.75, 3.05) is 6.61 Å². The van der Waals surface area contributed by atoms with E-state index in [2.05, 4.69) is 0 Å². The normalized spacial score (nSPS) is 24.2. The second-order valence-electron chi connectivity index (χ2n) is 7.27. The zero-order valence-electron chi connectivity index (χ0n) is 18.9. The fraction of sp³-hybridized carbons (Fsp3) is 0.500. The number of esters is 4. The van der Waals surface area contributed by atoms with E-state index in [0.29, 0.717) is 5.56 Å². The van der Waals surface area contributed by atoms with Gasteiger partial charge in [0.2, 0.25) is 12.4 Å². The fourth-order valence-corrected chi connectivity index (χ4v) is 3.19. The zero-order valence-corrected chi connectivity index (χ0v) is 18.9. The monoisotopic (exact) mass is 466 g/mol. The molecular weight excluding hydrogens is 440 g/mol. The molecule has 0 amide bonds. The molecule has 180 valence electrons. The van der Waals surface area contributed by atoms with Crippen LogP contribution in [0, 0.1) is 0 Å². The van der Waals surface area contributed by atoms with Crippen LogP contribution in [0.25, 0.3) is 0 Å². The van der Waals surface area contributed by atoms with Crippen LogP contribution in [0.4, 0.5) is 0 Å². The van der Waals surface area contributed by atoms with Crippen LogP contribution in [0.5, 0.6) is 5.75 Å². The Morgan fingerprint density at radius 1 is 0.727 bits per heavy atom. The molecule has 1 heterocycles. The maximum Gasteiger partial charge on any atom is 0.303 e. The fourth-order valence-electron chi connectivity index (χ4n) is 3.19. The number of Topliss-reactive ketones (excluding diaryl/α,β-unsaturated/α-hetero) is 1. The number of hydrogen-bond acceptors (Lipinski definition) is 11. The number of carbonyl (C=O) groups is 5. The van der Waals surface area contributed by atoms with Crippen molar-refractivity contribution in [3.63, 3.8) is 0 Å². The van der Waals surface area contributed by atoms with Gasteiger partial charge in [-0.3, -0.25) is 24.0 Å². The van der Waals surface area contributed by atoms with E-state index in [0.717, 1.165) is 20.8 Å². The summed E-state index contributed by atoms with van der Waals surface area (Å²) in [6.45, 7) is 5.63. The Balaban J connectivity index is 2.43. The van der Waals surface area contributed by atoms with Crippen molar-refractivity contribution in [3.05, 3.63) is 29.8 Å². The minimum Gasteiger partial charge on any atom is -0.463 e. The molecular formula is C22H26O11.